The first-order valence-electron chi connectivity index (χ1n) is 9.92. The molecule has 2 heterocycles. The molecule has 4 rings (SSSR count). The first-order chi connectivity index (χ1) is 14.1. The summed E-state index contributed by atoms with van der Waals surface area (Å²) in [6, 6.07) is 16.3. The van der Waals surface area contributed by atoms with E-state index in [1.54, 1.807) is 0 Å². The number of pyridine rings is 1. The number of hydrogen-bond acceptors (Lipinski definition) is 4. The molecule has 0 spiro atoms. The molecule has 6 heteroatoms. The molecule has 0 aliphatic heterocycles. The quantitative estimate of drug-likeness (QED) is 0.525. The molecule has 2 aromatic heterocycles. The Bertz CT molecular complexity index is 1180. The predicted octanol–water partition coefficient (Wildman–Crippen LogP) is 3.94. The van der Waals surface area contributed by atoms with Crippen LogP contribution >= 0.6 is 0 Å². The van der Waals surface area contributed by atoms with E-state index in [1.165, 1.54) is 0 Å². The highest BCUT2D eigenvalue weighted by molar-refractivity contribution is 6.06. The Morgan fingerprint density at radius 3 is 2.55 bits per heavy atom. The Balaban J connectivity index is 1.63. The molecule has 0 unspecified atom stereocenters. The van der Waals surface area contributed by atoms with Crippen LogP contribution in [0.25, 0.3) is 21.9 Å². The van der Waals surface area contributed by atoms with Crippen molar-refractivity contribution in [2.24, 2.45) is 0 Å². The number of fused-ring (bicyclic) bond motifs is 3. The van der Waals surface area contributed by atoms with E-state index < -0.39 is 0 Å². The molecule has 0 aliphatic carbocycles. The summed E-state index contributed by atoms with van der Waals surface area (Å²) in [5, 5.41) is 4.00. The molecule has 2 aromatic carbocycles. The van der Waals surface area contributed by atoms with Crippen LogP contribution in [0.5, 0.6) is 0 Å². The van der Waals surface area contributed by atoms with Gasteiger partial charge in [0.1, 0.15) is 11.3 Å². The smallest absolute Gasteiger partial charge is 0.220 e. The predicted molar refractivity (Wildman–Crippen MR) is 116 cm³/mol. The molecule has 0 saturated carbocycles. The summed E-state index contributed by atoms with van der Waals surface area (Å²) in [6.45, 7) is 5.24. The van der Waals surface area contributed by atoms with Crippen molar-refractivity contribution in [3.63, 3.8) is 0 Å². The van der Waals surface area contributed by atoms with Gasteiger partial charge in [0.05, 0.1) is 11.0 Å². The zero-order valence-corrected chi connectivity index (χ0v) is 16.8. The van der Waals surface area contributed by atoms with Crippen molar-refractivity contribution >= 4 is 33.7 Å². The van der Waals surface area contributed by atoms with Crippen molar-refractivity contribution in [1.29, 1.82) is 0 Å². The lowest BCUT2D eigenvalue weighted by Gasteiger charge is -2.10. The molecule has 6 nitrogen and oxygen atoms in total. The van der Waals surface area contributed by atoms with Crippen LogP contribution in [0.1, 0.15) is 36.7 Å². The number of nitrogens with one attached hydrogen (secondary N) is 1. The van der Waals surface area contributed by atoms with E-state index >= 15 is 0 Å². The van der Waals surface area contributed by atoms with E-state index in [0.29, 0.717) is 25.3 Å². The van der Waals surface area contributed by atoms with E-state index in [2.05, 4.69) is 50.2 Å². The normalized spacial score (nSPS) is 11.2. The third kappa shape index (κ3) is 3.78. The summed E-state index contributed by atoms with van der Waals surface area (Å²) in [7, 11) is 0. The summed E-state index contributed by atoms with van der Waals surface area (Å²) < 4.78 is 2.19. The number of carbonyl (C=O) groups excluding carboxylic acids is 1. The van der Waals surface area contributed by atoms with Crippen molar-refractivity contribution in [3.05, 3.63) is 65.5 Å². The molecular formula is C23H25N5O. The number of amides is 1. The minimum absolute atomic E-state index is 0.0927. The van der Waals surface area contributed by atoms with Crippen LogP contribution in [0.4, 0.5) is 5.82 Å². The van der Waals surface area contributed by atoms with Crippen LogP contribution < -0.4 is 11.1 Å². The zero-order chi connectivity index (χ0) is 20.4. The Morgan fingerprint density at radius 1 is 1.07 bits per heavy atom. The number of para-hydroxylation sites is 1. The van der Waals surface area contributed by atoms with Gasteiger partial charge in [-0.15, -0.1) is 0 Å². The number of carbonyl (C=O) groups is 1. The number of rotatable bonds is 6. The minimum atomic E-state index is 0.0927. The fraction of sp³-hybridized carbons (Fsp3) is 0.261. The molecule has 4 aromatic rings. The van der Waals surface area contributed by atoms with Gasteiger partial charge in [-0.1, -0.05) is 49.4 Å². The lowest BCUT2D eigenvalue weighted by atomic mass is 10.1. The van der Waals surface area contributed by atoms with Crippen molar-refractivity contribution in [1.82, 2.24) is 19.9 Å². The molecule has 148 valence electrons. The summed E-state index contributed by atoms with van der Waals surface area (Å²) in [5.74, 6) is 1.45. The van der Waals surface area contributed by atoms with Crippen LogP contribution in [0.2, 0.25) is 0 Å². The fourth-order valence-electron chi connectivity index (χ4n) is 3.63. The molecule has 0 bridgehead atoms. The van der Waals surface area contributed by atoms with Gasteiger partial charge in [-0.2, -0.15) is 0 Å². The highest BCUT2D eigenvalue weighted by Gasteiger charge is 2.15. The van der Waals surface area contributed by atoms with Gasteiger partial charge in [0.15, 0.2) is 5.82 Å². The van der Waals surface area contributed by atoms with Crippen molar-refractivity contribution in [3.8, 4) is 0 Å². The second-order valence-electron chi connectivity index (χ2n) is 7.30. The van der Waals surface area contributed by atoms with Crippen molar-refractivity contribution in [2.45, 2.75) is 39.8 Å². The Hall–Kier alpha value is -3.41. The first kappa shape index (κ1) is 18.9. The van der Waals surface area contributed by atoms with Crippen LogP contribution in [0.15, 0.2) is 48.5 Å². The number of nitrogens with zero attached hydrogens (tertiary/aromatic N) is 3. The van der Waals surface area contributed by atoms with Crippen molar-refractivity contribution < 1.29 is 4.79 Å². The molecule has 1 amide bonds. The number of benzene rings is 2. The number of imidazole rings is 1. The number of nitrogens with two attached hydrogens (primary N) is 1. The molecule has 0 fully saturated rings. The zero-order valence-electron chi connectivity index (χ0n) is 16.8. The van der Waals surface area contributed by atoms with Gasteiger partial charge in [-0.05, 0) is 30.5 Å². The van der Waals surface area contributed by atoms with E-state index in [1.807, 2.05) is 32.0 Å². The Labute approximate surface area is 169 Å². The Morgan fingerprint density at radius 2 is 1.79 bits per heavy atom. The highest BCUT2D eigenvalue weighted by Crippen LogP contribution is 2.29. The molecule has 0 saturated heterocycles. The van der Waals surface area contributed by atoms with E-state index in [4.69, 9.17) is 5.73 Å². The largest absolute Gasteiger partial charge is 0.382 e. The second kappa shape index (κ2) is 7.91. The van der Waals surface area contributed by atoms with Gasteiger partial charge in [0, 0.05) is 24.9 Å². The maximum absolute atomic E-state index is 11.7. The summed E-state index contributed by atoms with van der Waals surface area (Å²) in [6.07, 6.45) is 1.43. The van der Waals surface area contributed by atoms with Crippen LogP contribution in [0, 0.1) is 6.92 Å². The number of aromatic nitrogens is 3. The van der Waals surface area contributed by atoms with Gasteiger partial charge >= 0.3 is 0 Å². The lowest BCUT2D eigenvalue weighted by Crippen LogP contribution is -2.22. The summed E-state index contributed by atoms with van der Waals surface area (Å²) >= 11 is 0. The van der Waals surface area contributed by atoms with Crippen LogP contribution in [0.3, 0.4) is 0 Å². The maximum Gasteiger partial charge on any atom is 0.220 e. The number of anilines is 1. The minimum Gasteiger partial charge on any atom is -0.382 e. The SMILES string of the molecule is CCCC(=O)NCc1ccc(Cn2c(C)nc3c(N)nc4ccccc4c32)cc1. The molecule has 29 heavy (non-hydrogen) atoms. The van der Waals surface area contributed by atoms with Gasteiger partial charge in [0.2, 0.25) is 5.91 Å². The molecule has 3 N–H and O–H groups in total. The third-order valence-electron chi connectivity index (χ3n) is 5.13. The van der Waals surface area contributed by atoms with E-state index in [9.17, 15) is 4.79 Å². The first-order valence-corrected chi connectivity index (χ1v) is 9.92. The number of nitrogen functional groups attached to an aromatic ring is 1. The van der Waals surface area contributed by atoms with Gasteiger partial charge < -0.3 is 15.6 Å². The van der Waals surface area contributed by atoms with Gasteiger partial charge in [-0.3, -0.25) is 4.79 Å². The summed E-state index contributed by atoms with van der Waals surface area (Å²) in [5.41, 5.74) is 11.1. The second-order valence-corrected chi connectivity index (χ2v) is 7.30. The van der Waals surface area contributed by atoms with Crippen LogP contribution in [-0.4, -0.2) is 20.4 Å². The standard InChI is InChI=1S/C23H25N5O/c1-3-6-20(29)25-13-16-9-11-17(12-10-16)14-28-15(2)26-21-22(28)18-7-4-5-8-19(18)27-23(21)24/h4-5,7-12H,3,6,13-14H2,1-2H3,(H2,24,27)(H,25,29). The average Bonchev–Trinajstić information content (AvgIpc) is 3.05. The third-order valence-corrected chi connectivity index (χ3v) is 5.13. The molecular weight excluding hydrogens is 362 g/mol. The van der Waals surface area contributed by atoms with Crippen molar-refractivity contribution in [2.75, 3.05) is 5.73 Å². The van der Waals surface area contributed by atoms with E-state index in [0.717, 1.165) is 45.3 Å². The lowest BCUT2D eigenvalue weighted by molar-refractivity contribution is -0.121. The molecule has 0 aliphatic rings. The molecule has 0 radical (unpaired) electrons. The number of aryl methyl sites for hydroxylation is 1. The van der Waals surface area contributed by atoms with Gasteiger partial charge in [0.25, 0.3) is 0 Å². The molecule has 0 atom stereocenters. The van der Waals surface area contributed by atoms with E-state index in [-0.39, 0.29) is 5.91 Å². The Kier molecular flexibility index (Phi) is 5.16. The summed E-state index contributed by atoms with van der Waals surface area (Å²) in [4.78, 5) is 20.8. The monoisotopic (exact) mass is 387 g/mol. The van der Waals surface area contributed by atoms with Crippen LogP contribution in [-0.2, 0) is 17.9 Å². The topological polar surface area (TPSA) is 85.8 Å². The van der Waals surface area contributed by atoms with Gasteiger partial charge in [-0.25, -0.2) is 9.97 Å². The fourth-order valence-corrected chi connectivity index (χ4v) is 3.63. The maximum atomic E-state index is 11.7. The highest BCUT2D eigenvalue weighted by atomic mass is 16.1. The average molecular weight is 387 g/mol. The number of hydrogen-bond donors (Lipinski definition) is 2.